The number of anilines is 1. The van der Waals surface area contributed by atoms with E-state index in [0.717, 1.165) is 12.2 Å². The molecule has 0 aromatic heterocycles. The van der Waals surface area contributed by atoms with Crippen molar-refractivity contribution >= 4 is 17.3 Å². The Bertz CT molecular complexity index is 349. The van der Waals surface area contributed by atoms with Gasteiger partial charge in [0.05, 0.1) is 5.88 Å². The first-order valence-electron chi connectivity index (χ1n) is 5.38. The lowest BCUT2D eigenvalue weighted by molar-refractivity contribution is 0.615. The molecular weight excluding hydrogens is 213 g/mol. The van der Waals surface area contributed by atoms with Crippen LogP contribution in [-0.2, 0) is 5.88 Å². The summed E-state index contributed by atoms with van der Waals surface area (Å²) < 4.78 is 13.5. The van der Waals surface area contributed by atoms with Gasteiger partial charge in [0.15, 0.2) is 0 Å². The summed E-state index contributed by atoms with van der Waals surface area (Å²) in [6.07, 6.45) is 2.43. The minimum atomic E-state index is -0.193. The maximum absolute atomic E-state index is 13.5. The molecule has 0 unspecified atom stereocenters. The van der Waals surface area contributed by atoms with Crippen LogP contribution < -0.4 is 4.90 Å². The average molecular weight is 228 g/mol. The first kappa shape index (κ1) is 10.7. The van der Waals surface area contributed by atoms with Crippen molar-refractivity contribution in [1.82, 2.24) is 0 Å². The van der Waals surface area contributed by atoms with Gasteiger partial charge in [0.1, 0.15) is 5.82 Å². The molecule has 1 aromatic rings. The van der Waals surface area contributed by atoms with Crippen molar-refractivity contribution in [3.05, 3.63) is 29.6 Å². The van der Waals surface area contributed by atoms with Gasteiger partial charge in [0.25, 0.3) is 0 Å². The highest BCUT2D eigenvalue weighted by molar-refractivity contribution is 6.17. The van der Waals surface area contributed by atoms with Gasteiger partial charge in [-0.15, -0.1) is 11.6 Å². The van der Waals surface area contributed by atoms with Crippen LogP contribution in [0.1, 0.15) is 25.3 Å². The third-order valence-corrected chi connectivity index (χ3v) is 3.13. The molecular formula is C12H15ClFN. The summed E-state index contributed by atoms with van der Waals surface area (Å²) in [6, 6.07) is 5.79. The third kappa shape index (κ3) is 2.10. The Morgan fingerprint density at radius 3 is 2.73 bits per heavy atom. The zero-order valence-electron chi connectivity index (χ0n) is 8.84. The molecule has 0 N–H and O–H groups in total. The second-order valence-corrected chi connectivity index (χ2v) is 4.16. The van der Waals surface area contributed by atoms with Crippen molar-refractivity contribution in [1.29, 1.82) is 0 Å². The molecule has 0 radical (unpaired) electrons. The summed E-state index contributed by atoms with van der Waals surface area (Å²) in [5.74, 6) is 0.0483. The smallest absolute Gasteiger partial charge is 0.129 e. The standard InChI is InChI=1S/C12H15ClFN/c1-2-15(9-6-7-9)12-5-3-4-11(14)10(12)8-13/h3-5,9H,2,6-8H2,1H3. The van der Waals surface area contributed by atoms with E-state index in [0.29, 0.717) is 11.6 Å². The van der Waals surface area contributed by atoms with Crippen LogP contribution in [0.15, 0.2) is 18.2 Å². The van der Waals surface area contributed by atoms with Crippen LogP contribution in [0.25, 0.3) is 0 Å². The van der Waals surface area contributed by atoms with Crippen LogP contribution >= 0.6 is 11.6 Å². The molecule has 0 spiro atoms. The van der Waals surface area contributed by atoms with E-state index in [9.17, 15) is 4.39 Å². The first-order valence-corrected chi connectivity index (χ1v) is 5.91. The van der Waals surface area contributed by atoms with E-state index in [1.165, 1.54) is 18.9 Å². The van der Waals surface area contributed by atoms with Gasteiger partial charge in [-0.3, -0.25) is 0 Å². The number of benzene rings is 1. The van der Waals surface area contributed by atoms with Crippen LogP contribution in [0, 0.1) is 5.82 Å². The van der Waals surface area contributed by atoms with Crippen LogP contribution in [0.4, 0.5) is 10.1 Å². The third-order valence-electron chi connectivity index (χ3n) is 2.87. The molecule has 0 bridgehead atoms. The van der Waals surface area contributed by atoms with Crippen LogP contribution in [0.3, 0.4) is 0 Å². The molecule has 0 aliphatic heterocycles. The molecule has 1 saturated carbocycles. The fraction of sp³-hybridized carbons (Fsp3) is 0.500. The van der Waals surface area contributed by atoms with E-state index in [4.69, 9.17) is 11.6 Å². The van der Waals surface area contributed by atoms with Crippen molar-refractivity contribution in [3.8, 4) is 0 Å². The monoisotopic (exact) mass is 227 g/mol. The number of alkyl halides is 1. The highest BCUT2D eigenvalue weighted by atomic mass is 35.5. The lowest BCUT2D eigenvalue weighted by Gasteiger charge is -2.25. The van der Waals surface area contributed by atoms with Gasteiger partial charge in [0, 0.05) is 23.8 Å². The van der Waals surface area contributed by atoms with Gasteiger partial charge in [-0.2, -0.15) is 0 Å². The Morgan fingerprint density at radius 2 is 2.20 bits per heavy atom. The first-order chi connectivity index (χ1) is 7.27. The zero-order chi connectivity index (χ0) is 10.8. The summed E-state index contributed by atoms with van der Waals surface area (Å²) in [6.45, 7) is 3.01. The van der Waals surface area contributed by atoms with Crippen LogP contribution in [0.5, 0.6) is 0 Å². The summed E-state index contributed by atoms with van der Waals surface area (Å²) in [4.78, 5) is 2.25. The summed E-state index contributed by atoms with van der Waals surface area (Å²) in [5.41, 5.74) is 1.60. The van der Waals surface area contributed by atoms with Crippen LogP contribution in [0.2, 0.25) is 0 Å². The molecule has 1 nitrogen and oxygen atoms in total. The summed E-state index contributed by atoms with van der Waals surface area (Å²) in [5, 5.41) is 0. The molecule has 3 heteroatoms. The van der Waals surface area contributed by atoms with Gasteiger partial charge in [-0.1, -0.05) is 6.07 Å². The fourth-order valence-corrected chi connectivity index (χ4v) is 2.22. The predicted molar refractivity (Wildman–Crippen MR) is 62.0 cm³/mol. The van der Waals surface area contributed by atoms with Crippen molar-refractivity contribution in [3.63, 3.8) is 0 Å². The molecule has 0 atom stereocenters. The highest BCUT2D eigenvalue weighted by Crippen LogP contribution is 2.34. The quantitative estimate of drug-likeness (QED) is 0.711. The van der Waals surface area contributed by atoms with E-state index in [-0.39, 0.29) is 11.7 Å². The Labute approximate surface area is 94.8 Å². The largest absolute Gasteiger partial charge is 0.368 e. The maximum atomic E-state index is 13.5. The molecule has 2 rings (SSSR count). The Balaban J connectivity index is 2.36. The van der Waals surface area contributed by atoms with E-state index in [1.54, 1.807) is 6.07 Å². The van der Waals surface area contributed by atoms with E-state index in [1.807, 2.05) is 6.07 Å². The normalized spacial score (nSPS) is 15.4. The Hall–Kier alpha value is -0.760. The lowest BCUT2D eigenvalue weighted by Crippen LogP contribution is -2.26. The van der Waals surface area contributed by atoms with Crippen molar-refractivity contribution < 1.29 is 4.39 Å². The maximum Gasteiger partial charge on any atom is 0.129 e. The second-order valence-electron chi connectivity index (χ2n) is 3.89. The number of hydrogen-bond donors (Lipinski definition) is 0. The Morgan fingerprint density at radius 1 is 1.47 bits per heavy atom. The Kier molecular flexibility index (Phi) is 3.15. The van der Waals surface area contributed by atoms with Gasteiger partial charge >= 0.3 is 0 Å². The van der Waals surface area contributed by atoms with Gasteiger partial charge < -0.3 is 4.90 Å². The van der Waals surface area contributed by atoms with Gasteiger partial charge in [-0.05, 0) is 31.9 Å². The van der Waals surface area contributed by atoms with E-state index in [2.05, 4.69) is 11.8 Å². The molecule has 1 fully saturated rings. The molecule has 0 heterocycles. The number of halogens is 2. The molecule has 82 valence electrons. The van der Waals surface area contributed by atoms with Gasteiger partial charge in [-0.25, -0.2) is 4.39 Å². The average Bonchev–Trinajstić information content (AvgIpc) is 3.04. The number of rotatable bonds is 4. The number of hydrogen-bond acceptors (Lipinski definition) is 1. The topological polar surface area (TPSA) is 3.24 Å². The minimum absolute atomic E-state index is 0.193. The summed E-state index contributed by atoms with van der Waals surface area (Å²) in [7, 11) is 0. The van der Waals surface area contributed by atoms with Crippen LogP contribution in [-0.4, -0.2) is 12.6 Å². The van der Waals surface area contributed by atoms with Crippen molar-refractivity contribution in [2.75, 3.05) is 11.4 Å². The minimum Gasteiger partial charge on any atom is -0.368 e. The second kappa shape index (κ2) is 4.40. The summed E-state index contributed by atoms with van der Waals surface area (Å²) >= 11 is 5.80. The molecule has 1 aromatic carbocycles. The molecule has 0 amide bonds. The van der Waals surface area contributed by atoms with Gasteiger partial charge in [0.2, 0.25) is 0 Å². The predicted octanol–water partition coefficient (Wildman–Crippen LogP) is 3.55. The lowest BCUT2D eigenvalue weighted by atomic mass is 10.1. The fourth-order valence-electron chi connectivity index (χ4n) is 1.96. The van der Waals surface area contributed by atoms with E-state index < -0.39 is 0 Å². The molecule has 0 saturated heterocycles. The SMILES string of the molecule is CCN(c1cccc(F)c1CCl)C1CC1. The molecule has 1 aliphatic rings. The van der Waals surface area contributed by atoms with Crippen molar-refractivity contribution in [2.45, 2.75) is 31.7 Å². The highest BCUT2D eigenvalue weighted by Gasteiger charge is 2.29. The number of nitrogens with zero attached hydrogens (tertiary/aromatic N) is 1. The van der Waals surface area contributed by atoms with E-state index >= 15 is 0 Å². The molecule has 15 heavy (non-hydrogen) atoms. The molecule has 1 aliphatic carbocycles. The van der Waals surface area contributed by atoms with Crippen molar-refractivity contribution in [2.24, 2.45) is 0 Å². The zero-order valence-corrected chi connectivity index (χ0v) is 9.60.